The van der Waals surface area contributed by atoms with Crippen LogP contribution in [0.25, 0.3) is 0 Å². The van der Waals surface area contributed by atoms with Crippen molar-refractivity contribution >= 4 is 0 Å². The summed E-state index contributed by atoms with van der Waals surface area (Å²) >= 11 is 0. The zero-order chi connectivity index (χ0) is 23.8. The van der Waals surface area contributed by atoms with Gasteiger partial charge in [-0.15, -0.1) is 0 Å². The highest BCUT2D eigenvalue weighted by Gasteiger charge is 2.45. The van der Waals surface area contributed by atoms with E-state index in [4.69, 9.17) is 29.4 Å². The second-order valence-corrected chi connectivity index (χ2v) is 8.17. The quantitative estimate of drug-likeness (QED) is 0.475. The fourth-order valence-corrected chi connectivity index (χ4v) is 3.81. The van der Waals surface area contributed by atoms with Gasteiger partial charge >= 0.3 is 0 Å². The number of hydrogen-bond donors (Lipinski definition) is 2. The van der Waals surface area contributed by atoms with Crippen molar-refractivity contribution in [3.05, 3.63) is 96.1 Å². The largest absolute Gasteiger partial charge is 0.497 e. The highest BCUT2D eigenvalue weighted by molar-refractivity contribution is 5.31. The molecule has 0 radical (unpaired) electrons. The van der Waals surface area contributed by atoms with Crippen molar-refractivity contribution in [1.82, 2.24) is 0 Å². The summed E-state index contributed by atoms with van der Waals surface area (Å²) in [6.07, 6.45) is -3.19. The van der Waals surface area contributed by atoms with Gasteiger partial charge in [-0.05, 0) is 35.4 Å². The molecule has 3 aromatic carbocycles. The molecule has 0 aromatic heterocycles. The first-order valence-electron chi connectivity index (χ1n) is 11.3. The maximum Gasteiger partial charge on any atom is 0.218 e. The van der Waals surface area contributed by atoms with E-state index in [1.165, 1.54) is 0 Å². The molecule has 0 spiro atoms. The molecule has 1 saturated heterocycles. The van der Waals surface area contributed by atoms with E-state index in [1.54, 1.807) is 31.4 Å². The zero-order valence-electron chi connectivity index (χ0n) is 19.2. The molecule has 34 heavy (non-hydrogen) atoms. The molecular weight excluding hydrogens is 434 g/mol. The van der Waals surface area contributed by atoms with Gasteiger partial charge in [0, 0.05) is 0 Å². The first-order valence-corrected chi connectivity index (χ1v) is 11.3. The van der Waals surface area contributed by atoms with Crippen LogP contribution in [0.2, 0.25) is 0 Å². The Morgan fingerprint density at radius 3 is 2.03 bits per heavy atom. The minimum Gasteiger partial charge on any atom is -0.497 e. The van der Waals surface area contributed by atoms with Crippen LogP contribution in [0.3, 0.4) is 0 Å². The monoisotopic (exact) mass is 465 g/mol. The van der Waals surface area contributed by atoms with Gasteiger partial charge in [0.2, 0.25) is 6.29 Å². The lowest BCUT2D eigenvalue weighted by Crippen LogP contribution is -2.64. The first-order chi connectivity index (χ1) is 16.6. The lowest BCUT2D eigenvalue weighted by atomic mass is 9.97. The minimum absolute atomic E-state index is 0.163. The van der Waals surface area contributed by atoms with Crippen LogP contribution in [0.4, 0.5) is 0 Å². The molecule has 1 aliphatic heterocycles. The van der Waals surface area contributed by atoms with E-state index in [-0.39, 0.29) is 6.61 Å². The number of aliphatic hydroxyl groups is 1. The summed E-state index contributed by atoms with van der Waals surface area (Å²) in [5.41, 5.74) is 8.48. The van der Waals surface area contributed by atoms with Crippen LogP contribution in [-0.4, -0.2) is 49.5 Å². The van der Waals surface area contributed by atoms with Gasteiger partial charge in [0.25, 0.3) is 0 Å². The molecule has 0 saturated carbocycles. The Morgan fingerprint density at radius 1 is 0.824 bits per heavy atom. The third kappa shape index (κ3) is 6.34. The van der Waals surface area contributed by atoms with Gasteiger partial charge in [-0.1, -0.05) is 60.7 Å². The fraction of sp³-hybridized carbons (Fsp3) is 0.333. The molecule has 4 rings (SSSR count). The highest BCUT2D eigenvalue weighted by atomic mass is 16.7. The molecule has 7 heteroatoms. The van der Waals surface area contributed by atoms with Gasteiger partial charge in [0.1, 0.15) is 29.8 Å². The smallest absolute Gasteiger partial charge is 0.218 e. The van der Waals surface area contributed by atoms with E-state index in [9.17, 15) is 5.11 Å². The van der Waals surface area contributed by atoms with E-state index in [0.717, 1.165) is 11.1 Å². The SMILES string of the molecule is COc1ccc(O[C@@H]2O[C@H](COCc3ccccc3)[C@@H](O)[C@H](OCc3ccccc3)[C@H]2N)cc1. The van der Waals surface area contributed by atoms with Crippen molar-refractivity contribution in [1.29, 1.82) is 0 Å². The summed E-state index contributed by atoms with van der Waals surface area (Å²) in [7, 11) is 1.60. The molecule has 3 N–H and O–H groups in total. The fourth-order valence-electron chi connectivity index (χ4n) is 3.81. The van der Waals surface area contributed by atoms with Crippen LogP contribution in [0, 0.1) is 0 Å². The molecule has 5 atom stereocenters. The predicted molar refractivity (Wildman–Crippen MR) is 127 cm³/mol. The minimum atomic E-state index is -0.981. The van der Waals surface area contributed by atoms with E-state index < -0.39 is 30.6 Å². The second kappa shape index (κ2) is 12.0. The average Bonchev–Trinajstić information content (AvgIpc) is 2.88. The molecule has 1 fully saturated rings. The normalized spacial score (nSPS) is 24.5. The Balaban J connectivity index is 1.45. The molecule has 0 bridgehead atoms. The van der Waals surface area contributed by atoms with Gasteiger partial charge < -0.3 is 34.5 Å². The van der Waals surface area contributed by atoms with Gasteiger partial charge in [0.05, 0.1) is 33.0 Å². The second-order valence-electron chi connectivity index (χ2n) is 8.17. The third-order valence-electron chi connectivity index (χ3n) is 5.71. The number of hydrogen-bond acceptors (Lipinski definition) is 7. The van der Waals surface area contributed by atoms with Gasteiger partial charge in [0.15, 0.2) is 0 Å². The van der Waals surface area contributed by atoms with Crippen molar-refractivity contribution in [3.63, 3.8) is 0 Å². The number of nitrogens with two attached hydrogens (primary N) is 1. The van der Waals surface area contributed by atoms with Crippen molar-refractivity contribution in [2.24, 2.45) is 5.73 Å². The van der Waals surface area contributed by atoms with Gasteiger partial charge in [-0.3, -0.25) is 0 Å². The van der Waals surface area contributed by atoms with Gasteiger partial charge in [-0.25, -0.2) is 0 Å². The first kappa shape index (κ1) is 24.2. The van der Waals surface area contributed by atoms with Crippen molar-refractivity contribution < 1.29 is 28.8 Å². The maximum absolute atomic E-state index is 11.0. The maximum atomic E-state index is 11.0. The molecule has 3 aromatic rings. The molecule has 7 nitrogen and oxygen atoms in total. The van der Waals surface area contributed by atoms with Crippen molar-refractivity contribution in [2.45, 2.75) is 43.9 Å². The molecule has 1 aliphatic rings. The van der Waals surface area contributed by atoms with Crippen LogP contribution in [0.15, 0.2) is 84.9 Å². The number of methoxy groups -OCH3 is 1. The van der Waals surface area contributed by atoms with Crippen LogP contribution in [0.5, 0.6) is 11.5 Å². The number of aliphatic hydroxyl groups excluding tert-OH is 1. The molecule has 0 unspecified atom stereocenters. The standard InChI is InChI=1S/C27H31NO6/c1-30-21-12-14-22(15-13-21)33-27-24(28)26(32-17-20-10-6-3-7-11-20)25(29)23(34-27)18-31-16-19-8-4-2-5-9-19/h2-15,23-27,29H,16-18,28H2,1H3/t23-,24-,25-,26-,27-/m1/s1. The summed E-state index contributed by atoms with van der Waals surface area (Å²) in [5.74, 6) is 1.29. The zero-order valence-corrected chi connectivity index (χ0v) is 19.2. The summed E-state index contributed by atoms with van der Waals surface area (Å²) in [6.45, 7) is 0.874. The Hall–Kier alpha value is -2.94. The summed E-state index contributed by atoms with van der Waals surface area (Å²) in [4.78, 5) is 0. The Bertz CT molecular complexity index is 985. The molecule has 180 valence electrons. The average molecular weight is 466 g/mol. The topological polar surface area (TPSA) is 92.4 Å². The molecule has 0 amide bonds. The lowest BCUT2D eigenvalue weighted by molar-refractivity contribution is -0.253. The number of rotatable bonds is 10. The van der Waals surface area contributed by atoms with E-state index in [1.807, 2.05) is 60.7 Å². The van der Waals surface area contributed by atoms with E-state index in [2.05, 4.69) is 0 Å². The summed E-state index contributed by atoms with van der Waals surface area (Å²) in [6, 6.07) is 26.0. The number of benzene rings is 3. The summed E-state index contributed by atoms with van der Waals surface area (Å²) < 4.78 is 29.2. The predicted octanol–water partition coefficient (Wildman–Crippen LogP) is 3.29. The summed E-state index contributed by atoms with van der Waals surface area (Å²) in [5, 5.41) is 11.0. The van der Waals surface area contributed by atoms with E-state index >= 15 is 0 Å². The highest BCUT2D eigenvalue weighted by Crippen LogP contribution is 2.27. The molecular formula is C27H31NO6. The van der Waals surface area contributed by atoms with Crippen LogP contribution in [-0.2, 0) is 27.4 Å². The Labute approximate surface area is 200 Å². The van der Waals surface area contributed by atoms with Crippen LogP contribution >= 0.6 is 0 Å². The van der Waals surface area contributed by atoms with Crippen molar-refractivity contribution in [3.8, 4) is 11.5 Å². The molecule has 0 aliphatic carbocycles. The lowest BCUT2D eigenvalue weighted by Gasteiger charge is -2.42. The van der Waals surface area contributed by atoms with E-state index in [0.29, 0.717) is 24.7 Å². The number of ether oxygens (including phenoxy) is 5. The van der Waals surface area contributed by atoms with Crippen LogP contribution in [0.1, 0.15) is 11.1 Å². The van der Waals surface area contributed by atoms with Gasteiger partial charge in [-0.2, -0.15) is 0 Å². The third-order valence-corrected chi connectivity index (χ3v) is 5.71. The Kier molecular flexibility index (Phi) is 8.51. The van der Waals surface area contributed by atoms with Crippen LogP contribution < -0.4 is 15.2 Å². The Morgan fingerprint density at radius 2 is 1.41 bits per heavy atom. The van der Waals surface area contributed by atoms with Crippen molar-refractivity contribution in [2.75, 3.05) is 13.7 Å². The molecule has 1 heterocycles.